The molecule has 0 fully saturated rings. The van der Waals surface area contributed by atoms with E-state index in [9.17, 15) is 9.59 Å². The fourth-order valence-electron chi connectivity index (χ4n) is 0.990. The number of thioether (sulfide) groups is 1. The quantitative estimate of drug-likeness (QED) is 0.570. The molecule has 9 heteroatoms. The highest BCUT2D eigenvalue weighted by molar-refractivity contribution is 8.01. The van der Waals surface area contributed by atoms with Crippen molar-refractivity contribution in [3.8, 4) is 0 Å². The summed E-state index contributed by atoms with van der Waals surface area (Å²) in [5.41, 5.74) is 5.42. The van der Waals surface area contributed by atoms with E-state index in [0.717, 1.165) is 0 Å². The molecule has 1 heterocycles. The first-order valence-corrected chi connectivity index (χ1v) is 6.40. The number of methoxy groups -OCH3 is 1. The first-order valence-electron chi connectivity index (χ1n) is 4.59. The Morgan fingerprint density at radius 2 is 2.29 bits per heavy atom. The molecule has 0 aliphatic heterocycles. The standard InChI is InChI=1S/C8H12N4O3S2/c1-4(13)10-5(6(14)15-2)3-16-8-12-11-7(9)17-8/h5H,3H2,1-2H3,(H2,9,11)(H,10,13). The van der Waals surface area contributed by atoms with Crippen molar-refractivity contribution in [2.24, 2.45) is 0 Å². The molecule has 0 saturated carbocycles. The zero-order chi connectivity index (χ0) is 12.8. The lowest BCUT2D eigenvalue weighted by atomic mass is 10.3. The molecule has 0 radical (unpaired) electrons. The Hall–Kier alpha value is -1.35. The Kier molecular flexibility index (Phi) is 5.16. The minimum Gasteiger partial charge on any atom is -0.467 e. The summed E-state index contributed by atoms with van der Waals surface area (Å²) in [7, 11) is 1.27. The molecule has 0 aromatic carbocycles. The van der Waals surface area contributed by atoms with Crippen molar-refractivity contribution in [2.45, 2.75) is 17.3 Å². The van der Waals surface area contributed by atoms with Crippen molar-refractivity contribution in [3.63, 3.8) is 0 Å². The number of ether oxygens (including phenoxy) is 1. The van der Waals surface area contributed by atoms with E-state index >= 15 is 0 Å². The largest absolute Gasteiger partial charge is 0.467 e. The van der Waals surface area contributed by atoms with Crippen LogP contribution in [-0.4, -0.2) is 41.0 Å². The second-order valence-corrected chi connectivity index (χ2v) is 5.27. The highest BCUT2D eigenvalue weighted by atomic mass is 32.2. The second-order valence-electron chi connectivity index (χ2n) is 2.99. The lowest BCUT2D eigenvalue weighted by Crippen LogP contribution is -2.42. The molecule has 3 N–H and O–H groups in total. The Bertz CT molecular complexity index is 409. The maximum Gasteiger partial charge on any atom is 0.329 e. The van der Waals surface area contributed by atoms with E-state index in [1.54, 1.807) is 0 Å². The van der Waals surface area contributed by atoms with Gasteiger partial charge in [-0.2, -0.15) is 0 Å². The molecular weight excluding hydrogens is 264 g/mol. The predicted octanol–water partition coefficient (Wildman–Crippen LogP) is -0.110. The molecule has 1 aromatic heterocycles. The maximum absolute atomic E-state index is 11.4. The zero-order valence-corrected chi connectivity index (χ0v) is 10.9. The van der Waals surface area contributed by atoms with Crippen molar-refractivity contribution >= 4 is 40.1 Å². The molecule has 0 aliphatic carbocycles. The summed E-state index contributed by atoms with van der Waals surface area (Å²) in [4.78, 5) is 22.3. The molecule has 17 heavy (non-hydrogen) atoms. The molecule has 7 nitrogen and oxygen atoms in total. The predicted molar refractivity (Wildman–Crippen MR) is 64.7 cm³/mol. The Balaban J connectivity index is 2.54. The van der Waals surface area contributed by atoms with Crippen LogP contribution in [0.2, 0.25) is 0 Å². The van der Waals surface area contributed by atoms with E-state index in [1.165, 1.54) is 37.1 Å². The van der Waals surface area contributed by atoms with Crippen LogP contribution in [0, 0.1) is 0 Å². The number of nitrogens with one attached hydrogen (secondary N) is 1. The Labute approximate surface area is 106 Å². The van der Waals surface area contributed by atoms with Crippen molar-refractivity contribution in [1.82, 2.24) is 15.5 Å². The molecule has 1 aromatic rings. The summed E-state index contributed by atoms with van der Waals surface area (Å²) in [6, 6.07) is -0.701. The van der Waals surface area contributed by atoms with Crippen LogP contribution in [0.5, 0.6) is 0 Å². The normalized spacial score (nSPS) is 11.9. The third-order valence-corrected chi connectivity index (χ3v) is 3.64. The zero-order valence-electron chi connectivity index (χ0n) is 9.30. The maximum atomic E-state index is 11.4. The van der Waals surface area contributed by atoms with Gasteiger partial charge in [-0.15, -0.1) is 10.2 Å². The van der Waals surface area contributed by atoms with Crippen molar-refractivity contribution in [2.75, 3.05) is 18.6 Å². The average Bonchev–Trinajstić information content (AvgIpc) is 2.68. The summed E-state index contributed by atoms with van der Waals surface area (Å²) in [6.45, 7) is 1.34. The Morgan fingerprint density at radius 3 is 2.76 bits per heavy atom. The van der Waals surface area contributed by atoms with Crippen LogP contribution in [0.3, 0.4) is 0 Å². The minimum atomic E-state index is -0.701. The lowest BCUT2D eigenvalue weighted by Gasteiger charge is -2.13. The number of anilines is 1. The number of carbonyl (C=O) groups is 2. The topological polar surface area (TPSA) is 107 Å². The van der Waals surface area contributed by atoms with Gasteiger partial charge in [0.1, 0.15) is 6.04 Å². The first-order chi connectivity index (χ1) is 8.02. The summed E-state index contributed by atoms with van der Waals surface area (Å²) >= 11 is 2.51. The molecule has 0 saturated heterocycles. The van der Waals surface area contributed by atoms with Gasteiger partial charge in [-0.3, -0.25) is 4.79 Å². The second kappa shape index (κ2) is 6.40. The molecule has 0 bridgehead atoms. The molecule has 1 atom stereocenters. The van der Waals surface area contributed by atoms with E-state index in [1.807, 2.05) is 0 Å². The third-order valence-electron chi connectivity index (χ3n) is 1.66. The first kappa shape index (κ1) is 13.7. The fraction of sp³-hybridized carbons (Fsp3) is 0.500. The van der Waals surface area contributed by atoms with Crippen LogP contribution in [0.15, 0.2) is 4.34 Å². The van der Waals surface area contributed by atoms with Crippen molar-refractivity contribution in [3.05, 3.63) is 0 Å². The fourth-order valence-corrected chi connectivity index (χ4v) is 2.65. The van der Waals surface area contributed by atoms with Crippen LogP contribution >= 0.6 is 23.1 Å². The number of carbonyl (C=O) groups excluding carboxylic acids is 2. The number of nitrogens with two attached hydrogens (primary N) is 1. The highest BCUT2D eigenvalue weighted by Gasteiger charge is 2.21. The number of rotatable bonds is 5. The number of hydrogen-bond acceptors (Lipinski definition) is 8. The van der Waals surface area contributed by atoms with Crippen LogP contribution in [0.1, 0.15) is 6.92 Å². The monoisotopic (exact) mass is 276 g/mol. The molecule has 0 aliphatic rings. The molecule has 94 valence electrons. The number of nitrogen functional groups attached to an aromatic ring is 1. The number of aromatic nitrogens is 2. The van der Waals surface area contributed by atoms with E-state index in [0.29, 0.717) is 15.2 Å². The molecular formula is C8H12N4O3S2. The van der Waals surface area contributed by atoms with Crippen molar-refractivity contribution < 1.29 is 14.3 Å². The van der Waals surface area contributed by atoms with Crippen LogP contribution < -0.4 is 11.1 Å². The van der Waals surface area contributed by atoms with Gasteiger partial charge in [-0.25, -0.2) is 4.79 Å². The smallest absolute Gasteiger partial charge is 0.329 e. The lowest BCUT2D eigenvalue weighted by molar-refractivity contribution is -0.144. The van der Waals surface area contributed by atoms with Gasteiger partial charge in [0.15, 0.2) is 4.34 Å². The van der Waals surface area contributed by atoms with E-state index in [-0.39, 0.29) is 5.91 Å². The van der Waals surface area contributed by atoms with Crippen LogP contribution in [-0.2, 0) is 14.3 Å². The summed E-state index contributed by atoms with van der Waals surface area (Å²) in [6.07, 6.45) is 0. The molecule has 0 spiro atoms. The summed E-state index contributed by atoms with van der Waals surface area (Å²) in [5.74, 6) is -0.469. The molecule has 1 rings (SSSR count). The number of nitrogens with zero attached hydrogens (tertiary/aromatic N) is 2. The van der Waals surface area contributed by atoms with Gasteiger partial charge in [-0.1, -0.05) is 23.1 Å². The van der Waals surface area contributed by atoms with Gasteiger partial charge in [0.05, 0.1) is 7.11 Å². The van der Waals surface area contributed by atoms with E-state index in [4.69, 9.17) is 5.73 Å². The van der Waals surface area contributed by atoms with Crippen LogP contribution in [0.4, 0.5) is 5.13 Å². The number of hydrogen-bond donors (Lipinski definition) is 2. The highest BCUT2D eigenvalue weighted by Crippen LogP contribution is 2.24. The van der Waals surface area contributed by atoms with Gasteiger partial charge in [-0.05, 0) is 0 Å². The SMILES string of the molecule is COC(=O)C(CSc1nnc(N)s1)NC(C)=O. The minimum absolute atomic E-state index is 0.294. The van der Waals surface area contributed by atoms with Gasteiger partial charge in [0.25, 0.3) is 0 Å². The molecule has 1 unspecified atom stereocenters. The van der Waals surface area contributed by atoms with Gasteiger partial charge >= 0.3 is 5.97 Å². The Morgan fingerprint density at radius 1 is 1.59 bits per heavy atom. The molecule has 1 amide bonds. The van der Waals surface area contributed by atoms with Gasteiger partial charge < -0.3 is 15.8 Å². The van der Waals surface area contributed by atoms with E-state index < -0.39 is 12.0 Å². The summed E-state index contributed by atoms with van der Waals surface area (Å²) < 4.78 is 5.22. The van der Waals surface area contributed by atoms with Crippen LogP contribution in [0.25, 0.3) is 0 Å². The van der Waals surface area contributed by atoms with Gasteiger partial charge in [0.2, 0.25) is 11.0 Å². The summed E-state index contributed by atoms with van der Waals surface area (Å²) in [5, 5.41) is 10.3. The number of amides is 1. The van der Waals surface area contributed by atoms with E-state index in [2.05, 4.69) is 20.3 Å². The average molecular weight is 276 g/mol. The number of esters is 1. The third kappa shape index (κ3) is 4.57. The van der Waals surface area contributed by atoms with Crippen molar-refractivity contribution in [1.29, 1.82) is 0 Å². The van der Waals surface area contributed by atoms with Gasteiger partial charge in [0, 0.05) is 12.7 Å².